The first kappa shape index (κ1) is 14.1. The number of unbranched alkanes of at least 4 members (excludes halogenated alkanes) is 1. The Balaban J connectivity index is 2.70. The van der Waals surface area contributed by atoms with E-state index in [2.05, 4.69) is 12.2 Å². The molecule has 1 N–H and O–H groups in total. The number of hydrogen-bond acceptors (Lipinski definition) is 3. The minimum absolute atomic E-state index is 0.583. The van der Waals surface area contributed by atoms with Gasteiger partial charge in [-0.1, -0.05) is 24.9 Å². The number of ether oxygens (including phenoxy) is 2. The van der Waals surface area contributed by atoms with E-state index in [9.17, 15) is 0 Å². The second-order valence-corrected chi connectivity index (χ2v) is 4.25. The Hall–Kier alpha value is -0.930. The van der Waals surface area contributed by atoms with Gasteiger partial charge in [0.05, 0.1) is 19.2 Å². The maximum absolute atomic E-state index is 6.12. The molecule has 1 rings (SSSR count). The molecule has 0 aliphatic carbocycles. The third-order valence-corrected chi connectivity index (χ3v) is 2.81. The largest absolute Gasteiger partial charge is 0.493 e. The highest BCUT2D eigenvalue weighted by Gasteiger charge is 2.10. The molecule has 0 radical (unpaired) electrons. The Bertz CT molecular complexity index is 356. The van der Waals surface area contributed by atoms with Gasteiger partial charge in [0, 0.05) is 6.54 Å². The fourth-order valence-electron chi connectivity index (χ4n) is 1.61. The smallest absolute Gasteiger partial charge is 0.179 e. The average Bonchev–Trinajstić information content (AvgIpc) is 2.34. The molecule has 0 fully saturated rings. The van der Waals surface area contributed by atoms with Gasteiger partial charge in [-0.3, -0.25) is 0 Å². The summed E-state index contributed by atoms with van der Waals surface area (Å²) in [7, 11) is 3.20. The molecule has 0 saturated carbocycles. The molecule has 0 aliphatic heterocycles. The fourth-order valence-corrected chi connectivity index (χ4v) is 1.92. The quantitative estimate of drug-likeness (QED) is 0.761. The summed E-state index contributed by atoms with van der Waals surface area (Å²) in [5.41, 5.74) is 1.10. The lowest BCUT2D eigenvalue weighted by molar-refractivity contribution is 0.354. The summed E-state index contributed by atoms with van der Waals surface area (Å²) in [6.07, 6.45) is 2.38. The van der Waals surface area contributed by atoms with Gasteiger partial charge >= 0.3 is 0 Å². The van der Waals surface area contributed by atoms with E-state index in [-0.39, 0.29) is 0 Å². The first-order valence-electron chi connectivity index (χ1n) is 5.84. The molecule has 1 aromatic rings. The molecule has 0 bridgehead atoms. The maximum Gasteiger partial charge on any atom is 0.179 e. The summed E-state index contributed by atoms with van der Waals surface area (Å²) in [4.78, 5) is 0. The van der Waals surface area contributed by atoms with Crippen LogP contribution >= 0.6 is 11.6 Å². The highest BCUT2D eigenvalue weighted by atomic mass is 35.5. The van der Waals surface area contributed by atoms with Crippen LogP contribution < -0.4 is 14.8 Å². The Morgan fingerprint density at radius 3 is 2.59 bits per heavy atom. The van der Waals surface area contributed by atoms with Crippen LogP contribution in [0.4, 0.5) is 0 Å². The summed E-state index contributed by atoms with van der Waals surface area (Å²) >= 11 is 6.12. The van der Waals surface area contributed by atoms with E-state index < -0.39 is 0 Å². The molecule has 0 saturated heterocycles. The van der Waals surface area contributed by atoms with Crippen molar-refractivity contribution in [1.82, 2.24) is 5.32 Å². The SMILES string of the molecule is CCCCNCc1cc(Cl)c(OC)c(OC)c1. The second-order valence-electron chi connectivity index (χ2n) is 3.84. The van der Waals surface area contributed by atoms with Gasteiger partial charge in [-0.05, 0) is 30.7 Å². The van der Waals surface area contributed by atoms with Crippen LogP contribution in [-0.2, 0) is 6.54 Å². The van der Waals surface area contributed by atoms with Crippen LogP contribution in [0.1, 0.15) is 25.3 Å². The molecule has 0 atom stereocenters. The lowest BCUT2D eigenvalue weighted by Gasteiger charge is -2.12. The molecule has 96 valence electrons. The molecule has 0 spiro atoms. The molecule has 3 nitrogen and oxygen atoms in total. The van der Waals surface area contributed by atoms with Crippen molar-refractivity contribution in [2.45, 2.75) is 26.3 Å². The lowest BCUT2D eigenvalue weighted by Crippen LogP contribution is -2.14. The van der Waals surface area contributed by atoms with Crippen LogP contribution in [0.15, 0.2) is 12.1 Å². The van der Waals surface area contributed by atoms with Gasteiger partial charge in [0.2, 0.25) is 0 Å². The first-order chi connectivity index (χ1) is 8.22. The standard InChI is InChI=1S/C13H20ClNO2/c1-4-5-6-15-9-10-7-11(14)13(17-3)12(8-10)16-2/h7-8,15H,4-6,9H2,1-3H3. The molecule has 0 heterocycles. The zero-order chi connectivity index (χ0) is 12.7. The Labute approximate surface area is 108 Å². The zero-order valence-electron chi connectivity index (χ0n) is 10.7. The van der Waals surface area contributed by atoms with Crippen molar-refractivity contribution in [3.8, 4) is 11.5 Å². The normalized spacial score (nSPS) is 10.4. The topological polar surface area (TPSA) is 30.5 Å². The van der Waals surface area contributed by atoms with E-state index in [1.165, 1.54) is 12.8 Å². The van der Waals surface area contributed by atoms with E-state index in [1.54, 1.807) is 14.2 Å². The lowest BCUT2D eigenvalue weighted by atomic mass is 10.2. The van der Waals surface area contributed by atoms with Crippen molar-refractivity contribution in [3.05, 3.63) is 22.7 Å². The highest BCUT2D eigenvalue weighted by molar-refractivity contribution is 6.32. The van der Waals surface area contributed by atoms with Gasteiger partial charge in [0.1, 0.15) is 0 Å². The van der Waals surface area contributed by atoms with Crippen LogP contribution in [0.2, 0.25) is 5.02 Å². The minimum atomic E-state index is 0.583. The average molecular weight is 258 g/mol. The molecule has 17 heavy (non-hydrogen) atoms. The predicted molar refractivity (Wildman–Crippen MR) is 71.2 cm³/mol. The minimum Gasteiger partial charge on any atom is -0.493 e. The van der Waals surface area contributed by atoms with Gasteiger partial charge in [-0.15, -0.1) is 0 Å². The van der Waals surface area contributed by atoms with E-state index in [4.69, 9.17) is 21.1 Å². The number of nitrogens with one attached hydrogen (secondary N) is 1. The molecule has 0 aromatic heterocycles. The van der Waals surface area contributed by atoms with Gasteiger partial charge in [-0.25, -0.2) is 0 Å². The van der Waals surface area contributed by atoms with Crippen molar-refractivity contribution >= 4 is 11.6 Å². The number of rotatable bonds is 7. The van der Waals surface area contributed by atoms with Crippen molar-refractivity contribution in [2.24, 2.45) is 0 Å². The highest BCUT2D eigenvalue weighted by Crippen LogP contribution is 2.35. The van der Waals surface area contributed by atoms with Crippen LogP contribution in [0, 0.1) is 0 Å². The van der Waals surface area contributed by atoms with E-state index in [1.807, 2.05) is 12.1 Å². The number of benzene rings is 1. The predicted octanol–water partition coefficient (Wildman–Crippen LogP) is 3.25. The molecule has 4 heteroatoms. The van der Waals surface area contributed by atoms with Crippen molar-refractivity contribution in [3.63, 3.8) is 0 Å². The van der Waals surface area contributed by atoms with Crippen LogP contribution in [0.25, 0.3) is 0 Å². The van der Waals surface area contributed by atoms with Gasteiger partial charge < -0.3 is 14.8 Å². The van der Waals surface area contributed by atoms with Gasteiger partial charge in [0.25, 0.3) is 0 Å². The summed E-state index contributed by atoms with van der Waals surface area (Å²) < 4.78 is 10.4. The Morgan fingerprint density at radius 2 is 2.00 bits per heavy atom. The van der Waals surface area contributed by atoms with Gasteiger partial charge in [-0.2, -0.15) is 0 Å². The van der Waals surface area contributed by atoms with E-state index in [0.29, 0.717) is 16.5 Å². The summed E-state index contributed by atoms with van der Waals surface area (Å²) in [5, 5.41) is 3.95. The zero-order valence-corrected chi connectivity index (χ0v) is 11.4. The Kier molecular flexibility index (Phi) is 6.16. The number of methoxy groups -OCH3 is 2. The summed E-state index contributed by atoms with van der Waals surface area (Å²) in [5.74, 6) is 1.26. The van der Waals surface area contributed by atoms with Crippen molar-refractivity contribution in [1.29, 1.82) is 0 Å². The van der Waals surface area contributed by atoms with Crippen LogP contribution in [-0.4, -0.2) is 20.8 Å². The van der Waals surface area contributed by atoms with E-state index >= 15 is 0 Å². The third kappa shape index (κ3) is 4.10. The first-order valence-corrected chi connectivity index (χ1v) is 6.21. The van der Waals surface area contributed by atoms with Crippen LogP contribution in [0.3, 0.4) is 0 Å². The monoisotopic (exact) mass is 257 g/mol. The number of halogens is 1. The third-order valence-electron chi connectivity index (χ3n) is 2.53. The fraction of sp³-hybridized carbons (Fsp3) is 0.538. The molecular formula is C13H20ClNO2. The molecule has 0 unspecified atom stereocenters. The van der Waals surface area contributed by atoms with Gasteiger partial charge in [0.15, 0.2) is 11.5 Å². The second kappa shape index (κ2) is 7.41. The molecular weight excluding hydrogens is 238 g/mol. The summed E-state index contributed by atoms with van der Waals surface area (Å²) in [6, 6.07) is 3.85. The van der Waals surface area contributed by atoms with Crippen molar-refractivity contribution < 1.29 is 9.47 Å². The van der Waals surface area contributed by atoms with Crippen LogP contribution in [0.5, 0.6) is 11.5 Å². The number of hydrogen-bond donors (Lipinski definition) is 1. The van der Waals surface area contributed by atoms with E-state index in [0.717, 1.165) is 18.7 Å². The summed E-state index contributed by atoms with van der Waals surface area (Å²) in [6.45, 7) is 3.98. The Morgan fingerprint density at radius 1 is 1.24 bits per heavy atom. The molecule has 0 aliphatic rings. The maximum atomic E-state index is 6.12. The molecule has 1 aromatic carbocycles. The molecule has 0 amide bonds. The van der Waals surface area contributed by atoms with Crippen molar-refractivity contribution in [2.75, 3.05) is 20.8 Å².